The average Bonchev–Trinajstić information content (AvgIpc) is 2.58. The van der Waals surface area contributed by atoms with Gasteiger partial charge in [0.25, 0.3) is 0 Å². The number of ketones is 1. The molecule has 0 aromatic carbocycles. The molecule has 1 heteroatoms. The van der Waals surface area contributed by atoms with Gasteiger partial charge < -0.3 is 0 Å². The molecule has 3 rings (SSSR count). The Morgan fingerprint density at radius 3 is 2.57 bits per heavy atom. The van der Waals surface area contributed by atoms with Crippen LogP contribution in [0.2, 0.25) is 0 Å². The molecule has 0 aromatic rings. The predicted octanol–water partition coefficient (Wildman–Crippen LogP) is 2.88. The summed E-state index contributed by atoms with van der Waals surface area (Å²) in [5.41, 5.74) is 0.334. The quantitative estimate of drug-likeness (QED) is 0.534. The van der Waals surface area contributed by atoms with Crippen LogP contribution in [-0.4, -0.2) is 5.78 Å². The monoisotopic (exact) mass is 188 g/mol. The maximum absolute atomic E-state index is 11.6. The third-order valence-electron chi connectivity index (χ3n) is 4.42. The summed E-state index contributed by atoms with van der Waals surface area (Å²) in [6.07, 6.45) is 14.3. The van der Waals surface area contributed by atoms with Gasteiger partial charge in [-0.25, -0.2) is 0 Å². The summed E-state index contributed by atoms with van der Waals surface area (Å²) in [5, 5.41) is 0. The zero-order valence-electron chi connectivity index (χ0n) is 8.41. The number of hydrogen-bond donors (Lipinski definition) is 0. The summed E-state index contributed by atoms with van der Waals surface area (Å²) >= 11 is 0. The van der Waals surface area contributed by atoms with Crippen LogP contribution >= 0.6 is 0 Å². The average molecular weight is 188 g/mol. The molecule has 3 aliphatic rings. The van der Waals surface area contributed by atoms with Gasteiger partial charge in [-0.1, -0.05) is 18.2 Å². The Morgan fingerprint density at radius 1 is 1.21 bits per heavy atom. The molecule has 0 heterocycles. The van der Waals surface area contributed by atoms with E-state index in [0.717, 1.165) is 12.8 Å². The van der Waals surface area contributed by atoms with E-state index in [1.807, 2.05) is 0 Å². The number of hydrogen-bond acceptors (Lipinski definition) is 1. The van der Waals surface area contributed by atoms with Gasteiger partial charge in [-0.05, 0) is 49.0 Å². The minimum Gasteiger partial charge on any atom is -0.295 e. The van der Waals surface area contributed by atoms with E-state index in [1.165, 1.54) is 19.3 Å². The fourth-order valence-electron chi connectivity index (χ4n) is 3.72. The summed E-state index contributed by atoms with van der Waals surface area (Å²) in [5.74, 6) is 1.76. The summed E-state index contributed by atoms with van der Waals surface area (Å²) in [4.78, 5) is 11.6. The van der Waals surface area contributed by atoms with Crippen LogP contribution in [0.15, 0.2) is 24.3 Å². The largest absolute Gasteiger partial charge is 0.295 e. The van der Waals surface area contributed by atoms with E-state index in [9.17, 15) is 4.79 Å². The number of allylic oxidation sites excluding steroid dienone is 4. The lowest BCUT2D eigenvalue weighted by atomic mass is 9.70. The first-order valence-electron chi connectivity index (χ1n) is 5.69. The standard InChI is InChI=1S/C13H16O/c14-12-3-1-2-8-13(9-12)10-4-5-11(13)7-6-10/h1,3-5,10-11H,2,6-9H2/t10-,11+,13?. The van der Waals surface area contributed by atoms with Gasteiger partial charge in [0.2, 0.25) is 0 Å². The van der Waals surface area contributed by atoms with Gasteiger partial charge in [0, 0.05) is 6.42 Å². The molecule has 0 radical (unpaired) electrons. The molecule has 2 bridgehead atoms. The van der Waals surface area contributed by atoms with E-state index in [2.05, 4.69) is 18.2 Å². The van der Waals surface area contributed by atoms with Gasteiger partial charge in [-0.3, -0.25) is 4.79 Å². The molecule has 1 fully saturated rings. The maximum Gasteiger partial charge on any atom is 0.155 e. The highest BCUT2D eigenvalue weighted by Crippen LogP contribution is 2.59. The second-order valence-electron chi connectivity index (χ2n) is 4.99. The van der Waals surface area contributed by atoms with Gasteiger partial charge in [-0.2, -0.15) is 0 Å². The topological polar surface area (TPSA) is 17.1 Å². The number of rotatable bonds is 0. The van der Waals surface area contributed by atoms with E-state index in [-0.39, 0.29) is 0 Å². The highest BCUT2D eigenvalue weighted by atomic mass is 16.1. The van der Waals surface area contributed by atoms with Crippen molar-refractivity contribution in [3.05, 3.63) is 24.3 Å². The number of carbonyl (C=O) groups is 1. The van der Waals surface area contributed by atoms with Gasteiger partial charge in [0.1, 0.15) is 0 Å². The lowest BCUT2D eigenvalue weighted by Gasteiger charge is -2.32. The maximum atomic E-state index is 11.6. The Bertz CT molecular complexity index is 310. The normalized spacial score (nSPS) is 45.0. The van der Waals surface area contributed by atoms with E-state index in [0.29, 0.717) is 23.0 Å². The Kier molecular flexibility index (Phi) is 1.70. The second-order valence-corrected chi connectivity index (χ2v) is 4.99. The zero-order chi connectivity index (χ0) is 9.60. The lowest BCUT2D eigenvalue weighted by Crippen LogP contribution is -2.28. The highest BCUT2D eigenvalue weighted by Gasteiger charge is 2.51. The van der Waals surface area contributed by atoms with Crippen molar-refractivity contribution in [1.29, 1.82) is 0 Å². The van der Waals surface area contributed by atoms with Crippen molar-refractivity contribution in [2.24, 2.45) is 17.3 Å². The third-order valence-corrected chi connectivity index (χ3v) is 4.42. The van der Waals surface area contributed by atoms with Crippen molar-refractivity contribution in [3.63, 3.8) is 0 Å². The predicted molar refractivity (Wildman–Crippen MR) is 55.8 cm³/mol. The Morgan fingerprint density at radius 2 is 1.93 bits per heavy atom. The molecule has 1 saturated carbocycles. The first kappa shape index (κ1) is 8.46. The van der Waals surface area contributed by atoms with Crippen LogP contribution in [0.5, 0.6) is 0 Å². The van der Waals surface area contributed by atoms with Crippen molar-refractivity contribution in [2.75, 3.05) is 0 Å². The molecule has 0 aliphatic heterocycles. The minimum absolute atomic E-state index is 0.334. The SMILES string of the molecule is O=C1C=CCCC2(C1)[C@@H]1C=C[C@H]2CC1. The zero-order valence-corrected chi connectivity index (χ0v) is 8.41. The van der Waals surface area contributed by atoms with Gasteiger partial charge in [-0.15, -0.1) is 0 Å². The van der Waals surface area contributed by atoms with Crippen LogP contribution < -0.4 is 0 Å². The molecule has 0 saturated heterocycles. The molecule has 3 atom stereocenters. The van der Waals surface area contributed by atoms with E-state index in [1.54, 1.807) is 6.08 Å². The van der Waals surface area contributed by atoms with Gasteiger partial charge in [0.15, 0.2) is 5.78 Å². The second kappa shape index (κ2) is 2.82. The van der Waals surface area contributed by atoms with E-state index in [4.69, 9.17) is 0 Å². The molecule has 1 unspecified atom stereocenters. The summed E-state index contributed by atoms with van der Waals surface area (Å²) in [6, 6.07) is 0. The minimum atomic E-state index is 0.334. The molecular formula is C13H16O. The Labute approximate surface area is 84.9 Å². The summed E-state index contributed by atoms with van der Waals surface area (Å²) in [7, 11) is 0. The van der Waals surface area contributed by atoms with Crippen molar-refractivity contribution in [3.8, 4) is 0 Å². The van der Waals surface area contributed by atoms with Crippen LogP contribution in [0.4, 0.5) is 0 Å². The molecule has 0 aromatic heterocycles. The highest BCUT2D eigenvalue weighted by molar-refractivity contribution is 5.90. The van der Waals surface area contributed by atoms with Crippen LogP contribution in [0.1, 0.15) is 32.1 Å². The van der Waals surface area contributed by atoms with Crippen molar-refractivity contribution in [1.82, 2.24) is 0 Å². The van der Waals surface area contributed by atoms with Crippen LogP contribution in [0.3, 0.4) is 0 Å². The number of carbonyl (C=O) groups excluding carboxylic acids is 1. The molecule has 0 N–H and O–H groups in total. The molecule has 14 heavy (non-hydrogen) atoms. The molecule has 0 amide bonds. The Hall–Kier alpha value is -0.850. The lowest BCUT2D eigenvalue weighted by molar-refractivity contribution is -0.117. The van der Waals surface area contributed by atoms with E-state index >= 15 is 0 Å². The van der Waals surface area contributed by atoms with Gasteiger partial charge in [0.05, 0.1) is 0 Å². The fourth-order valence-corrected chi connectivity index (χ4v) is 3.72. The fraction of sp³-hybridized carbons (Fsp3) is 0.615. The van der Waals surface area contributed by atoms with Gasteiger partial charge >= 0.3 is 0 Å². The molecular weight excluding hydrogens is 172 g/mol. The first-order valence-corrected chi connectivity index (χ1v) is 5.69. The van der Waals surface area contributed by atoms with Crippen molar-refractivity contribution < 1.29 is 4.79 Å². The van der Waals surface area contributed by atoms with Crippen molar-refractivity contribution in [2.45, 2.75) is 32.1 Å². The van der Waals surface area contributed by atoms with Crippen LogP contribution in [0.25, 0.3) is 0 Å². The van der Waals surface area contributed by atoms with Crippen LogP contribution in [0, 0.1) is 17.3 Å². The first-order chi connectivity index (χ1) is 6.81. The summed E-state index contributed by atoms with van der Waals surface area (Å²) in [6.45, 7) is 0. The summed E-state index contributed by atoms with van der Waals surface area (Å²) < 4.78 is 0. The van der Waals surface area contributed by atoms with E-state index < -0.39 is 0 Å². The molecule has 3 aliphatic carbocycles. The molecule has 74 valence electrons. The third kappa shape index (κ3) is 0.985. The Balaban J connectivity index is 1.94. The molecule has 1 spiro atoms. The van der Waals surface area contributed by atoms with Crippen molar-refractivity contribution >= 4 is 5.78 Å². The van der Waals surface area contributed by atoms with Crippen LogP contribution in [-0.2, 0) is 4.79 Å². The smallest absolute Gasteiger partial charge is 0.155 e. The molecule has 1 nitrogen and oxygen atoms in total.